The van der Waals surface area contributed by atoms with Gasteiger partial charge in [-0.2, -0.15) is 0 Å². The lowest BCUT2D eigenvalue weighted by molar-refractivity contribution is 0.104. The van der Waals surface area contributed by atoms with Gasteiger partial charge in [-0.25, -0.2) is 14.4 Å². The molecule has 37 heavy (non-hydrogen) atoms. The lowest BCUT2D eigenvalue weighted by Gasteiger charge is -2.38. The maximum absolute atomic E-state index is 13.6. The van der Waals surface area contributed by atoms with Gasteiger partial charge in [0, 0.05) is 54.6 Å². The summed E-state index contributed by atoms with van der Waals surface area (Å²) in [6, 6.07) is 20.7. The highest BCUT2D eigenvalue weighted by molar-refractivity contribution is 6.25. The third-order valence-electron chi connectivity index (χ3n) is 7.40. The van der Waals surface area contributed by atoms with E-state index in [9.17, 15) is 9.18 Å². The normalized spacial score (nSPS) is 15.2. The number of piperazine rings is 1. The zero-order chi connectivity index (χ0) is 25.7. The van der Waals surface area contributed by atoms with Gasteiger partial charge in [-0.05, 0) is 61.4 Å². The Labute approximate surface area is 215 Å². The number of benzene rings is 3. The number of hydrogen-bond donors (Lipinski definition) is 1. The molecule has 6 nitrogen and oxygen atoms in total. The molecule has 0 radical (unpaired) electrons. The second-order valence-corrected chi connectivity index (χ2v) is 9.88. The highest BCUT2D eigenvalue weighted by Crippen LogP contribution is 2.45. The van der Waals surface area contributed by atoms with Gasteiger partial charge in [-0.3, -0.25) is 9.69 Å². The molecule has 1 aliphatic heterocycles. The predicted octanol–water partition coefficient (Wildman–Crippen LogP) is 5.27. The summed E-state index contributed by atoms with van der Waals surface area (Å²) in [6.45, 7) is 8.61. The van der Waals surface area contributed by atoms with Crippen LogP contribution in [-0.4, -0.2) is 52.9 Å². The van der Waals surface area contributed by atoms with E-state index in [0.717, 1.165) is 42.9 Å². The van der Waals surface area contributed by atoms with E-state index in [1.54, 1.807) is 12.1 Å². The standard InChI is InChI=1S/C30H28FN5O/c1-18(2)35-14-16-36(17-15-35)22-12-8-19(9-13-22)23-4-3-5-24-25(23)28-26(29(24)37)27(33-30(32)34-28)20-6-10-21(31)11-7-20/h3-13,18H,14-17H2,1-2H3,(H2,32,33,34). The van der Waals surface area contributed by atoms with Gasteiger partial charge in [0.1, 0.15) is 5.82 Å². The second-order valence-electron chi connectivity index (χ2n) is 9.88. The SMILES string of the molecule is CC(C)N1CCN(c2ccc(-c3cccc4c3-c3nc(N)nc(-c5ccc(F)cc5)c3C4=O)cc2)CC1. The second kappa shape index (κ2) is 9.09. The number of halogens is 1. The molecule has 1 aliphatic carbocycles. The molecule has 0 amide bonds. The number of rotatable bonds is 4. The molecule has 2 aliphatic rings. The van der Waals surface area contributed by atoms with Crippen molar-refractivity contribution in [3.63, 3.8) is 0 Å². The highest BCUT2D eigenvalue weighted by Gasteiger charge is 2.34. The van der Waals surface area contributed by atoms with Crippen LogP contribution in [0, 0.1) is 5.82 Å². The molecular weight excluding hydrogens is 465 g/mol. The third-order valence-corrected chi connectivity index (χ3v) is 7.40. The van der Waals surface area contributed by atoms with E-state index in [-0.39, 0.29) is 17.5 Å². The van der Waals surface area contributed by atoms with Crippen molar-refractivity contribution in [2.24, 2.45) is 0 Å². The Morgan fingerprint density at radius 1 is 0.784 bits per heavy atom. The number of nitrogens with two attached hydrogens (primary N) is 1. The van der Waals surface area contributed by atoms with E-state index in [2.05, 4.69) is 57.9 Å². The maximum Gasteiger partial charge on any atom is 0.221 e. The number of carbonyl (C=O) groups is 1. The van der Waals surface area contributed by atoms with Crippen molar-refractivity contribution >= 4 is 17.4 Å². The summed E-state index contributed by atoms with van der Waals surface area (Å²) < 4.78 is 13.6. The van der Waals surface area contributed by atoms with Gasteiger partial charge in [0.15, 0.2) is 5.78 Å². The van der Waals surface area contributed by atoms with Crippen molar-refractivity contribution in [1.82, 2.24) is 14.9 Å². The number of aromatic nitrogens is 2. The number of nitrogen functional groups attached to an aromatic ring is 1. The van der Waals surface area contributed by atoms with Crippen LogP contribution in [-0.2, 0) is 0 Å². The van der Waals surface area contributed by atoms with Gasteiger partial charge in [0.05, 0.1) is 17.0 Å². The number of anilines is 2. The van der Waals surface area contributed by atoms with E-state index in [1.165, 1.54) is 17.8 Å². The van der Waals surface area contributed by atoms with Crippen LogP contribution in [0.1, 0.15) is 29.8 Å². The fourth-order valence-electron chi connectivity index (χ4n) is 5.41. The molecule has 1 aromatic heterocycles. The molecule has 4 aromatic rings. The van der Waals surface area contributed by atoms with Gasteiger partial charge < -0.3 is 10.6 Å². The number of nitrogens with zero attached hydrogens (tertiary/aromatic N) is 4. The Bertz CT molecular complexity index is 1490. The highest BCUT2D eigenvalue weighted by atomic mass is 19.1. The number of fused-ring (bicyclic) bond motifs is 3. The Hall–Kier alpha value is -4.10. The lowest BCUT2D eigenvalue weighted by atomic mass is 9.96. The quantitative estimate of drug-likeness (QED) is 0.368. The van der Waals surface area contributed by atoms with Crippen LogP contribution in [0.4, 0.5) is 16.0 Å². The molecule has 3 aromatic carbocycles. The zero-order valence-corrected chi connectivity index (χ0v) is 20.9. The van der Waals surface area contributed by atoms with Gasteiger partial charge in [-0.15, -0.1) is 0 Å². The summed E-state index contributed by atoms with van der Waals surface area (Å²) >= 11 is 0. The van der Waals surface area contributed by atoms with Crippen molar-refractivity contribution in [2.45, 2.75) is 19.9 Å². The first-order valence-corrected chi connectivity index (χ1v) is 12.6. The average Bonchev–Trinajstić information content (AvgIpc) is 3.20. The van der Waals surface area contributed by atoms with Gasteiger partial charge in [0.25, 0.3) is 0 Å². The Morgan fingerprint density at radius 2 is 1.41 bits per heavy atom. The van der Waals surface area contributed by atoms with Crippen LogP contribution >= 0.6 is 0 Å². The molecule has 2 heterocycles. The maximum atomic E-state index is 13.6. The lowest BCUT2D eigenvalue weighted by Crippen LogP contribution is -2.48. The minimum atomic E-state index is -0.357. The van der Waals surface area contributed by atoms with Crippen LogP contribution < -0.4 is 10.6 Å². The summed E-state index contributed by atoms with van der Waals surface area (Å²) in [5, 5.41) is 0. The summed E-state index contributed by atoms with van der Waals surface area (Å²) in [7, 11) is 0. The number of hydrogen-bond acceptors (Lipinski definition) is 6. The van der Waals surface area contributed by atoms with Crippen LogP contribution in [0.25, 0.3) is 33.6 Å². The molecule has 0 atom stereocenters. The molecule has 1 saturated heterocycles. The monoisotopic (exact) mass is 493 g/mol. The van der Waals surface area contributed by atoms with E-state index in [1.807, 2.05) is 18.2 Å². The molecule has 0 unspecified atom stereocenters. The third kappa shape index (κ3) is 4.05. The summed E-state index contributed by atoms with van der Waals surface area (Å²) in [6.07, 6.45) is 0. The first-order valence-electron chi connectivity index (χ1n) is 12.6. The molecule has 186 valence electrons. The molecular formula is C30H28FN5O. The van der Waals surface area contributed by atoms with Crippen LogP contribution in [0.15, 0.2) is 66.7 Å². The van der Waals surface area contributed by atoms with Crippen molar-refractivity contribution in [2.75, 3.05) is 36.8 Å². The van der Waals surface area contributed by atoms with Crippen LogP contribution in [0.3, 0.4) is 0 Å². The van der Waals surface area contributed by atoms with Crippen molar-refractivity contribution in [1.29, 1.82) is 0 Å². The van der Waals surface area contributed by atoms with Crippen molar-refractivity contribution in [3.8, 4) is 33.6 Å². The van der Waals surface area contributed by atoms with E-state index in [0.29, 0.717) is 34.1 Å². The van der Waals surface area contributed by atoms with Gasteiger partial charge in [-0.1, -0.05) is 30.3 Å². The molecule has 7 heteroatoms. The van der Waals surface area contributed by atoms with Gasteiger partial charge in [0.2, 0.25) is 5.95 Å². The van der Waals surface area contributed by atoms with Gasteiger partial charge >= 0.3 is 0 Å². The topological polar surface area (TPSA) is 75.3 Å². The minimum Gasteiger partial charge on any atom is -0.369 e. The average molecular weight is 494 g/mol. The van der Waals surface area contributed by atoms with E-state index < -0.39 is 0 Å². The fourth-order valence-corrected chi connectivity index (χ4v) is 5.41. The van der Waals surface area contributed by atoms with Crippen LogP contribution in [0.2, 0.25) is 0 Å². The summed E-state index contributed by atoms with van der Waals surface area (Å²) in [5.74, 6) is -0.431. The van der Waals surface area contributed by atoms with E-state index in [4.69, 9.17) is 5.73 Å². The Kier molecular flexibility index (Phi) is 5.72. The molecule has 0 saturated carbocycles. The first-order chi connectivity index (χ1) is 17.9. The fraction of sp³-hybridized carbons (Fsp3) is 0.233. The van der Waals surface area contributed by atoms with Crippen LogP contribution in [0.5, 0.6) is 0 Å². The Morgan fingerprint density at radius 3 is 2.08 bits per heavy atom. The molecule has 6 rings (SSSR count). The summed E-state index contributed by atoms with van der Waals surface area (Å²) in [5.41, 5.74) is 12.5. The summed E-state index contributed by atoms with van der Waals surface area (Å²) in [4.78, 5) is 27.4. The van der Waals surface area contributed by atoms with Crippen molar-refractivity contribution < 1.29 is 9.18 Å². The predicted molar refractivity (Wildman–Crippen MR) is 145 cm³/mol. The molecule has 0 bridgehead atoms. The van der Waals surface area contributed by atoms with Crippen molar-refractivity contribution in [3.05, 3.63) is 83.7 Å². The molecule has 2 N–H and O–H groups in total. The smallest absolute Gasteiger partial charge is 0.221 e. The minimum absolute atomic E-state index is 0.0735. The largest absolute Gasteiger partial charge is 0.369 e. The number of ketones is 1. The molecule has 0 spiro atoms. The Balaban J connectivity index is 1.38. The van der Waals surface area contributed by atoms with E-state index >= 15 is 0 Å². The number of carbonyl (C=O) groups excluding carboxylic acids is 1. The first kappa shape index (κ1) is 23.3. The zero-order valence-electron chi connectivity index (χ0n) is 20.9. The molecule has 1 fully saturated rings.